The molecule has 4 nitrogen and oxygen atoms in total. The Hall–Kier alpha value is -1.39. The minimum Gasteiger partial charge on any atom is -0.381 e. The fourth-order valence-corrected chi connectivity index (χ4v) is 3.25. The Morgan fingerprint density at radius 3 is 2.75 bits per heavy atom. The van der Waals surface area contributed by atoms with Gasteiger partial charge in [0.15, 0.2) is 0 Å². The SMILES string of the molecule is CCn1c(C2(CN)CCOCC2)nc2cc(C)ccc21. The fraction of sp³-hybridized carbons (Fsp3) is 0.562. The van der Waals surface area contributed by atoms with E-state index in [1.807, 2.05) is 0 Å². The lowest BCUT2D eigenvalue weighted by molar-refractivity contribution is 0.0489. The number of nitrogens with zero attached hydrogens (tertiary/aromatic N) is 2. The van der Waals surface area contributed by atoms with Crippen molar-refractivity contribution in [1.82, 2.24) is 9.55 Å². The van der Waals surface area contributed by atoms with E-state index in [0.717, 1.165) is 43.9 Å². The zero-order valence-electron chi connectivity index (χ0n) is 12.4. The molecule has 0 spiro atoms. The Bertz CT molecular complexity index is 611. The van der Waals surface area contributed by atoms with Crippen LogP contribution in [-0.2, 0) is 16.7 Å². The van der Waals surface area contributed by atoms with Gasteiger partial charge in [-0.3, -0.25) is 0 Å². The maximum Gasteiger partial charge on any atom is 0.117 e. The Balaban J connectivity index is 2.18. The summed E-state index contributed by atoms with van der Waals surface area (Å²) >= 11 is 0. The molecule has 20 heavy (non-hydrogen) atoms. The van der Waals surface area contributed by atoms with Gasteiger partial charge in [0.05, 0.1) is 11.0 Å². The van der Waals surface area contributed by atoms with E-state index in [0.29, 0.717) is 6.54 Å². The molecule has 0 atom stereocenters. The highest BCUT2D eigenvalue weighted by molar-refractivity contribution is 5.77. The van der Waals surface area contributed by atoms with E-state index in [1.54, 1.807) is 0 Å². The lowest BCUT2D eigenvalue weighted by Crippen LogP contribution is -2.42. The fourth-order valence-electron chi connectivity index (χ4n) is 3.25. The molecule has 2 N–H and O–H groups in total. The molecule has 2 heterocycles. The van der Waals surface area contributed by atoms with Crippen LogP contribution in [0, 0.1) is 6.92 Å². The molecule has 0 unspecified atom stereocenters. The number of hydrogen-bond acceptors (Lipinski definition) is 3. The number of nitrogens with two attached hydrogens (primary N) is 1. The van der Waals surface area contributed by atoms with Crippen LogP contribution in [0.1, 0.15) is 31.2 Å². The van der Waals surface area contributed by atoms with Gasteiger partial charge in [-0.15, -0.1) is 0 Å². The number of benzene rings is 1. The second-order valence-corrected chi connectivity index (χ2v) is 5.77. The van der Waals surface area contributed by atoms with Crippen molar-refractivity contribution in [3.8, 4) is 0 Å². The predicted octanol–water partition coefficient (Wildman–Crippen LogP) is 2.37. The largest absolute Gasteiger partial charge is 0.381 e. The van der Waals surface area contributed by atoms with Gasteiger partial charge in [0.25, 0.3) is 0 Å². The normalized spacial score (nSPS) is 18.6. The van der Waals surface area contributed by atoms with Crippen LogP contribution in [0.25, 0.3) is 11.0 Å². The van der Waals surface area contributed by atoms with Crippen LogP contribution in [0.4, 0.5) is 0 Å². The molecular weight excluding hydrogens is 250 g/mol. The highest BCUT2D eigenvalue weighted by Crippen LogP contribution is 2.35. The number of rotatable bonds is 3. The lowest BCUT2D eigenvalue weighted by Gasteiger charge is -2.35. The number of ether oxygens (including phenoxy) is 1. The Kier molecular flexibility index (Phi) is 3.52. The van der Waals surface area contributed by atoms with Gasteiger partial charge in [-0.25, -0.2) is 4.98 Å². The Morgan fingerprint density at radius 1 is 1.35 bits per heavy atom. The molecule has 0 aliphatic carbocycles. The molecule has 1 saturated heterocycles. The predicted molar refractivity (Wildman–Crippen MR) is 80.9 cm³/mol. The first kappa shape index (κ1) is 13.6. The van der Waals surface area contributed by atoms with Crippen molar-refractivity contribution >= 4 is 11.0 Å². The summed E-state index contributed by atoms with van der Waals surface area (Å²) in [6, 6.07) is 6.49. The van der Waals surface area contributed by atoms with Crippen molar-refractivity contribution in [3.63, 3.8) is 0 Å². The first-order chi connectivity index (χ1) is 9.70. The second-order valence-electron chi connectivity index (χ2n) is 5.77. The quantitative estimate of drug-likeness (QED) is 0.934. The number of aromatic nitrogens is 2. The van der Waals surface area contributed by atoms with Crippen LogP contribution in [-0.4, -0.2) is 29.3 Å². The molecule has 2 aromatic rings. The van der Waals surface area contributed by atoms with Crippen molar-refractivity contribution in [2.45, 2.75) is 38.6 Å². The molecular formula is C16H23N3O. The first-order valence-electron chi connectivity index (χ1n) is 7.45. The Morgan fingerprint density at radius 2 is 2.10 bits per heavy atom. The molecule has 1 fully saturated rings. The zero-order valence-corrected chi connectivity index (χ0v) is 12.4. The highest BCUT2D eigenvalue weighted by Gasteiger charge is 2.37. The summed E-state index contributed by atoms with van der Waals surface area (Å²) < 4.78 is 7.85. The smallest absolute Gasteiger partial charge is 0.117 e. The van der Waals surface area contributed by atoms with Crippen molar-refractivity contribution < 1.29 is 4.74 Å². The van der Waals surface area contributed by atoms with E-state index in [-0.39, 0.29) is 5.41 Å². The van der Waals surface area contributed by atoms with Gasteiger partial charge in [-0.2, -0.15) is 0 Å². The maximum atomic E-state index is 6.14. The standard InChI is InChI=1S/C16H23N3O/c1-3-19-14-5-4-12(2)10-13(14)18-15(19)16(11-17)6-8-20-9-7-16/h4-5,10H,3,6-9,11,17H2,1-2H3. The van der Waals surface area contributed by atoms with Gasteiger partial charge in [-0.1, -0.05) is 6.07 Å². The summed E-state index contributed by atoms with van der Waals surface area (Å²) in [6.07, 6.45) is 1.93. The van der Waals surface area contributed by atoms with Crippen LogP contribution >= 0.6 is 0 Å². The highest BCUT2D eigenvalue weighted by atomic mass is 16.5. The number of aryl methyl sites for hydroxylation is 2. The third kappa shape index (κ3) is 2.03. The van der Waals surface area contributed by atoms with E-state index in [9.17, 15) is 0 Å². The second kappa shape index (κ2) is 5.19. The minimum atomic E-state index is -0.0266. The van der Waals surface area contributed by atoms with E-state index in [1.165, 1.54) is 11.1 Å². The van der Waals surface area contributed by atoms with E-state index >= 15 is 0 Å². The van der Waals surface area contributed by atoms with Crippen LogP contribution in [0.5, 0.6) is 0 Å². The zero-order chi connectivity index (χ0) is 14.2. The van der Waals surface area contributed by atoms with Crippen molar-refractivity contribution in [2.75, 3.05) is 19.8 Å². The molecule has 0 bridgehead atoms. The summed E-state index contributed by atoms with van der Waals surface area (Å²) in [6.45, 7) is 7.41. The molecule has 0 amide bonds. The van der Waals surface area contributed by atoms with Crippen LogP contribution in [0.3, 0.4) is 0 Å². The van der Waals surface area contributed by atoms with Gasteiger partial charge < -0.3 is 15.0 Å². The van der Waals surface area contributed by atoms with Crippen LogP contribution in [0.2, 0.25) is 0 Å². The number of fused-ring (bicyclic) bond motifs is 1. The van der Waals surface area contributed by atoms with E-state index < -0.39 is 0 Å². The van der Waals surface area contributed by atoms with Crippen molar-refractivity contribution in [2.24, 2.45) is 5.73 Å². The van der Waals surface area contributed by atoms with Crippen LogP contribution in [0.15, 0.2) is 18.2 Å². The maximum absolute atomic E-state index is 6.14. The summed E-state index contributed by atoms with van der Waals surface area (Å²) in [5.74, 6) is 1.14. The first-order valence-corrected chi connectivity index (χ1v) is 7.45. The third-order valence-corrected chi connectivity index (χ3v) is 4.53. The average Bonchev–Trinajstić information content (AvgIpc) is 2.86. The molecule has 3 rings (SSSR count). The monoisotopic (exact) mass is 273 g/mol. The molecule has 1 aromatic heterocycles. The molecule has 0 radical (unpaired) electrons. The van der Waals surface area contributed by atoms with Gasteiger partial charge in [0.2, 0.25) is 0 Å². The molecule has 108 valence electrons. The summed E-state index contributed by atoms with van der Waals surface area (Å²) in [5.41, 5.74) is 9.66. The number of imidazole rings is 1. The number of hydrogen-bond donors (Lipinski definition) is 1. The average molecular weight is 273 g/mol. The third-order valence-electron chi connectivity index (χ3n) is 4.53. The molecule has 4 heteroatoms. The topological polar surface area (TPSA) is 53.1 Å². The minimum absolute atomic E-state index is 0.0266. The van der Waals surface area contributed by atoms with E-state index in [4.69, 9.17) is 15.5 Å². The Labute approximate surface area is 119 Å². The lowest BCUT2D eigenvalue weighted by atomic mass is 9.79. The van der Waals surface area contributed by atoms with Gasteiger partial charge in [-0.05, 0) is 44.4 Å². The molecule has 0 saturated carbocycles. The molecule has 1 aliphatic heterocycles. The van der Waals surface area contributed by atoms with Crippen LogP contribution < -0.4 is 5.73 Å². The van der Waals surface area contributed by atoms with Crippen molar-refractivity contribution in [3.05, 3.63) is 29.6 Å². The summed E-state index contributed by atoms with van der Waals surface area (Å²) in [7, 11) is 0. The summed E-state index contributed by atoms with van der Waals surface area (Å²) in [4.78, 5) is 4.94. The van der Waals surface area contributed by atoms with Crippen molar-refractivity contribution in [1.29, 1.82) is 0 Å². The molecule has 1 aromatic carbocycles. The summed E-state index contributed by atoms with van der Waals surface area (Å²) in [5, 5.41) is 0. The van der Waals surface area contributed by atoms with Gasteiger partial charge >= 0.3 is 0 Å². The van der Waals surface area contributed by atoms with Gasteiger partial charge in [0.1, 0.15) is 5.82 Å². The molecule has 1 aliphatic rings. The van der Waals surface area contributed by atoms with E-state index in [2.05, 4.69) is 36.6 Å². The van der Waals surface area contributed by atoms with Gasteiger partial charge in [0, 0.05) is 31.7 Å².